The second kappa shape index (κ2) is 7.58. The van der Waals surface area contributed by atoms with Gasteiger partial charge in [-0.2, -0.15) is 0 Å². The molecular formula is C23H26BrN3O2. The SMILES string of the molecule is CC(C)(C)c1ccc(C(=O)N2CCC3(CC2)N=C(c2ccc(Br)cc2)NO3)cc1. The van der Waals surface area contributed by atoms with Gasteiger partial charge in [-0.25, -0.2) is 15.3 Å². The van der Waals surface area contributed by atoms with E-state index in [1.165, 1.54) is 5.56 Å². The normalized spacial score (nSPS) is 18.5. The van der Waals surface area contributed by atoms with E-state index in [4.69, 9.17) is 9.83 Å². The number of benzene rings is 2. The molecule has 2 aliphatic heterocycles. The van der Waals surface area contributed by atoms with Crippen molar-refractivity contribution < 1.29 is 9.63 Å². The van der Waals surface area contributed by atoms with Crippen LogP contribution in [0.5, 0.6) is 0 Å². The average Bonchev–Trinajstić information content (AvgIpc) is 3.11. The summed E-state index contributed by atoms with van der Waals surface area (Å²) in [5.74, 6) is 0.818. The van der Waals surface area contributed by atoms with E-state index in [0.29, 0.717) is 25.9 Å². The smallest absolute Gasteiger partial charge is 0.253 e. The number of hydrogen-bond donors (Lipinski definition) is 1. The molecule has 5 nitrogen and oxygen atoms in total. The highest BCUT2D eigenvalue weighted by Crippen LogP contribution is 2.32. The van der Waals surface area contributed by atoms with Crippen LogP contribution in [0.2, 0.25) is 0 Å². The van der Waals surface area contributed by atoms with E-state index in [2.05, 4.69) is 54.3 Å². The van der Waals surface area contributed by atoms with Crippen LogP contribution in [0, 0.1) is 0 Å². The van der Waals surface area contributed by atoms with Crippen LogP contribution in [0.25, 0.3) is 0 Å². The topological polar surface area (TPSA) is 53.9 Å². The molecule has 1 amide bonds. The Morgan fingerprint density at radius 1 is 1.07 bits per heavy atom. The Morgan fingerprint density at radius 3 is 2.28 bits per heavy atom. The van der Waals surface area contributed by atoms with Crippen molar-refractivity contribution in [1.29, 1.82) is 0 Å². The zero-order valence-electron chi connectivity index (χ0n) is 17.0. The van der Waals surface area contributed by atoms with E-state index in [-0.39, 0.29) is 11.3 Å². The van der Waals surface area contributed by atoms with Gasteiger partial charge in [-0.1, -0.05) is 61.0 Å². The van der Waals surface area contributed by atoms with Crippen LogP contribution in [0.1, 0.15) is 55.1 Å². The zero-order valence-corrected chi connectivity index (χ0v) is 18.6. The van der Waals surface area contributed by atoms with Crippen molar-refractivity contribution in [3.05, 3.63) is 69.7 Å². The minimum Gasteiger partial charge on any atom is -0.338 e. The number of hydrogen-bond acceptors (Lipinski definition) is 4. The molecular weight excluding hydrogens is 430 g/mol. The van der Waals surface area contributed by atoms with Gasteiger partial charge < -0.3 is 4.90 Å². The lowest BCUT2D eigenvalue weighted by molar-refractivity contribution is -0.0849. The summed E-state index contributed by atoms with van der Waals surface area (Å²) in [6.07, 6.45) is 1.34. The van der Waals surface area contributed by atoms with Gasteiger partial charge in [0.25, 0.3) is 5.91 Å². The standard InChI is InChI=1S/C23H26BrN3O2/c1-22(2,3)18-8-4-17(5-9-18)21(28)27-14-12-23(13-15-27)25-20(26-29-23)16-6-10-19(24)11-7-16/h4-11H,12-15H2,1-3H3,(H,25,26). The van der Waals surface area contributed by atoms with Gasteiger partial charge in [0, 0.05) is 41.5 Å². The molecule has 1 fully saturated rings. The summed E-state index contributed by atoms with van der Waals surface area (Å²) in [4.78, 5) is 25.5. The Hall–Kier alpha value is -2.18. The average molecular weight is 456 g/mol. The van der Waals surface area contributed by atoms with E-state index in [1.54, 1.807) is 0 Å². The van der Waals surface area contributed by atoms with Crippen molar-refractivity contribution in [3.8, 4) is 0 Å². The molecule has 0 bridgehead atoms. The third kappa shape index (κ3) is 4.23. The molecule has 0 saturated carbocycles. The molecule has 2 aliphatic rings. The first-order valence-electron chi connectivity index (χ1n) is 9.95. The summed E-state index contributed by atoms with van der Waals surface area (Å²) < 4.78 is 1.03. The highest BCUT2D eigenvalue weighted by atomic mass is 79.9. The quantitative estimate of drug-likeness (QED) is 0.715. The number of aliphatic imine (C=N–C) groups is 1. The van der Waals surface area contributed by atoms with E-state index >= 15 is 0 Å². The number of nitrogens with zero attached hydrogens (tertiary/aromatic N) is 2. The molecule has 29 heavy (non-hydrogen) atoms. The van der Waals surface area contributed by atoms with Crippen molar-refractivity contribution in [2.45, 2.75) is 44.8 Å². The van der Waals surface area contributed by atoms with Crippen molar-refractivity contribution in [1.82, 2.24) is 10.4 Å². The summed E-state index contributed by atoms with van der Waals surface area (Å²) in [7, 11) is 0. The van der Waals surface area contributed by atoms with Gasteiger partial charge in [-0.3, -0.25) is 4.79 Å². The number of piperidine rings is 1. The van der Waals surface area contributed by atoms with Crippen molar-refractivity contribution >= 4 is 27.7 Å². The van der Waals surface area contributed by atoms with Crippen LogP contribution >= 0.6 is 15.9 Å². The fourth-order valence-corrected chi connectivity index (χ4v) is 3.96. The van der Waals surface area contributed by atoms with Gasteiger partial charge in [0.2, 0.25) is 0 Å². The number of amides is 1. The highest BCUT2D eigenvalue weighted by molar-refractivity contribution is 9.10. The molecule has 1 saturated heterocycles. The number of likely N-dealkylation sites (tertiary alicyclic amines) is 1. The lowest BCUT2D eigenvalue weighted by atomic mass is 9.86. The van der Waals surface area contributed by atoms with E-state index in [0.717, 1.165) is 21.4 Å². The molecule has 4 rings (SSSR count). The van der Waals surface area contributed by atoms with E-state index < -0.39 is 5.72 Å². The Kier molecular flexibility index (Phi) is 5.25. The predicted octanol–water partition coefficient (Wildman–Crippen LogP) is 4.66. The van der Waals surface area contributed by atoms with Gasteiger partial charge in [0.05, 0.1) is 0 Å². The van der Waals surface area contributed by atoms with Crippen LogP contribution in [0.3, 0.4) is 0 Å². The van der Waals surface area contributed by atoms with Crippen LogP contribution < -0.4 is 5.48 Å². The molecule has 2 heterocycles. The largest absolute Gasteiger partial charge is 0.338 e. The minimum atomic E-state index is -0.588. The molecule has 0 radical (unpaired) electrons. The predicted molar refractivity (Wildman–Crippen MR) is 118 cm³/mol. The molecule has 2 aromatic carbocycles. The first-order valence-corrected chi connectivity index (χ1v) is 10.7. The summed E-state index contributed by atoms with van der Waals surface area (Å²) >= 11 is 3.45. The first kappa shape index (κ1) is 20.1. The molecule has 0 aliphatic carbocycles. The fraction of sp³-hybridized carbons (Fsp3) is 0.391. The van der Waals surface area contributed by atoms with Gasteiger partial charge in [-0.15, -0.1) is 0 Å². The Balaban J connectivity index is 1.41. The summed E-state index contributed by atoms with van der Waals surface area (Å²) in [5, 5.41) is 0. The number of hydroxylamine groups is 1. The van der Waals surface area contributed by atoms with Crippen molar-refractivity contribution in [2.24, 2.45) is 4.99 Å². The molecule has 152 valence electrons. The monoisotopic (exact) mass is 455 g/mol. The Labute approximate surface area is 180 Å². The molecule has 1 spiro atoms. The Bertz CT molecular complexity index is 922. The number of carbonyl (C=O) groups is 1. The number of amidine groups is 1. The van der Waals surface area contributed by atoms with Crippen molar-refractivity contribution in [3.63, 3.8) is 0 Å². The first-order chi connectivity index (χ1) is 13.8. The molecule has 0 unspecified atom stereocenters. The summed E-state index contributed by atoms with van der Waals surface area (Å²) in [6.45, 7) is 7.77. The number of nitrogens with one attached hydrogen (secondary N) is 1. The third-order valence-electron chi connectivity index (χ3n) is 5.60. The summed E-state index contributed by atoms with van der Waals surface area (Å²) in [6, 6.07) is 15.9. The maximum Gasteiger partial charge on any atom is 0.253 e. The number of halogens is 1. The molecule has 0 atom stereocenters. The van der Waals surface area contributed by atoms with Gasteiger partial charge in [0.1, 0.15) is 0 Å². The maximum absolute atomic E-state index is 12.9. The number of rotatable bonds is 2. The summed E-state index contributed by atoms with van der Waals surface area (Å²) in [5.41, 5.74) is 5.42. The van der Waals surface area contributed by atoms with Crippen LogP contribution in [-0.4, -0.2) is 35.5 Å². The highest BCUT2D eigenvalue weighted by Gasteiger charge is 2.41. The maximum atomic E-state index is 12.9. The molecule has 1 N–H and O–H groups in total. The van der Waals surface area contributed by atoms with E-state index in [9.17, 15) is 4.79 Å². The van der Waals surface area contributed by atoms with Crippen LogP contribution in [-0.2, 0) is 10.3 Å². The Morgan fingerprint density at radius 2 is 1.69 bits per heavy atom. The van der Waals surface area contributed by atoms with E-state index in [1.807, 2.05) is 41.3 Å². The van der Waals surface area contributed by atoms with Gasteiger partial charge in [-0.05, 0) is 35.2 Å². The lowest BCUT2D eigenvalue weighted by Crippen LogP contribution is -2.46. The molecule has 6 heteroatoms. The number of carbonyl (C=O) groups excluding carboxylic acids is 1. The molecule has 0 aromatic heterocycles. The lowest BCUT2D eigenvalue weighted by Gasteiger charge is -2.35. The fourth-order valence-electron chi connectivity index (χ4n) is 3.69. The van der Waals surface area contributed by atoms with Crippen LogP contribution in [0.4, 0.5) is 0 Å². The second-order valence-electron chi connectivity index (χ2n) is 8.74. The van der Waals surface area contributed by atoms with Gasteiger partial charge >= 0.3 is 0 Å². The second-order valence-corrected chi connectivity index (χ2v) is 9.65. The minimum absolute atomic E-state index is 0.0726. The van der Waals surface area contributed by atoms with Gasteiger partial charge in [0.15, 0.2) is 11.6 Å². The zero-order chi connectivity index (χ0) is 20.6. The third-order valence-corrected chi connectivity index (χ3v) is 6.13. The molecule has 2 aromatic rings. The van der Waals surface area contributed by atoms with Crippen LogP contribution in [0.15, 0.2) is 58.0 Å². The van der Waals surface area contributed by atoms with Crippen molar-refractivity contribution in [2.75, 3.05) is 13.1 Å².